The van der Waals surface area contributed by atoms with Crippen molar-refractivity contribution < 1.29 is 46.5 Å². The Balaban J connectivity index is 0.000000440. The number of rotatable bonds is 10. The molecule has 2 aromatic rings. The van der Waals surface area contributed by atoms with Crippen molar-refractivity contribution in [3.63, 3.8) is 0 Å². The van der Waals surface area contributed by atoms with Crippen LogP contribution in [0.1, 0.15) is 52.7 Å². The van der Waals surface area contributed by atoms with E-state index in [0.717, 1.165) is 36.4 Å². The standard InChI is InChI=1S/C15H20ClF2NO3.C15H18ClF2NO3/c2*1-15(2,3)22-14(21)19-12(13(20)8-16)6-9-4-10(17)7-11(18)5-9/h4-5,7,12-13,20H,6,8H2,1-3H3,(H,19,21);4-5,7,12H,6,8H2,1-3H3,(H,19,21)/t12-,13+;12-/m00/s1. The Kier molecular flexibility index (Phi) is 15.4. The zero-order chi connectivity index (χ0) is 33.8. The lowest BCUT2D eigenvalue weighted by Crippen LogP contribution is -2.47. The molecule has 2 amide bonds. The number of nitrogens with one attached hydrogen (secondary N) is 2. The van der Waals surface area contributed by atoms with Crippen molar-refractivity contribution in [2.45, 2.75) is 83.8 Å². The summed E-state index contributed by atoms with van der Waals surface area (Å²) in [6, 6.07) is 4.08. The van der Waals surface area contributed by atoms with Gasteiger partial charge in [-0.05, 0) is 83.4 Å². The van der Waals surface area contributed by atoms with Gasteiger partial charge in [-0.1, -0.05) is 0 Å². The summed E-state index contributed by atoms with van der Waals surface area (Å²) >= 11 is 11.1. The molecule has 0 bridgehead atoms. The number of carbonyl (C=O) groups excluding carboxylic acids is 3. The number of hydrogen-bond donors (Lipinski definition) is 3. The van der Waals surface area contributed by atoms with Gasteiger partial charge in [0.15, 0.2) is 5.78 Å². The zero-order valence-electron chi connectivity index (χ0n) is 25.3. The van der Waals surface area contributed by atoms with Crippen LogP contribution in [0.2, 0.25) is 0 Å². The second-order valence-corrected chi connectivity index (χ2v) is 12.3. The third-order valence-electron chi connectivity index (χ3n) is 5.28. The van der Waals surface area contributed by atoms with Gasteiger partial charge in [0, 0.05) is 18.6 Å². The highest BCUT2D eigenvalue weighted by molar-refractivity contribution is 6.28. The smallest absolute Gasteiger partial charge is 0.408 e. The summed E-state index contributed by atoms with van der Waals surface area (Å²) in [5, 5.41) is 14.7. The summed E-state index contributed by atoms with van der Waals surface area (Å²) in [6.07, 6.45) is -2.69. The van der Waals surface area contributed by atoms with E-state index in [1.165, 1.54) is 0 Å². The number of amides is 2. The number of ketones is 1. The number of halogens is 6. The molecule has 0 aliphatic rings. The minimum atomic E-state index is -1.08. The van der Waals surface area contributed by atoms with Gasteiger partial charge in [0.2, 0.25) is 0 Å². The van der Waals surface area contributed by atoms with Crippen molar-refractivity contribution in [2.75, 3.05) is 11.8 Å². The van der Waals surface area contributed by atoms with Crippen LogP contribution in [0.15, 0.2) is 36.4 Å². The highest BCUT2D eigenvalue weighted by Gasteiger charge is 2.26. The lowest BCUT2D eigenvalue weighted by Gasteiger charge is -2.26. The number of carbonyl (C=O) groups is 3. The van der Waals surface area contributed by atoms with Crippen molar-refractivity contribution in [3.05, 3.63) is 70.8 Å². The fourth-order valence-corrected chi connectivity index (χ4v) is 3.99. The van der Waals surface area contributed by atoms with E-state index in [1.54, 1.807) is 41.5 Å². The van der Waals surface area contributed by atoms with E-state index in [-0.39, 0.29) is 30.2 Å². The lowest BCUT2D eigenvalue weighted by atomic mass is 10.0. The number of aliphatic hydroxyl groups excluding tert-OH is 1. The Hall–Kier alpha value is -3.09. The Bertz CT molecular complexity index is 1230. The second kappa shape index (κ2) is 17.4. The van der Waals surface area contributed by atoms with Crippen LogP contribution in [0, 0.1) is 23.3 Å². The lowest BCUT2D eigenvalue weighted by molar-refractivity contribution is -0.118. The van der Waals surface area contributed by atoms with Crippen molar-refractivity contribution in [3.8, 4) is 0 Å². The van der Waals surface area contributed by atoms with Crippen LogP contribution in [0.25, 0.3) is 0 Å². The maximum absolute atomic E-state index is 13.2. The van der Waals surface area contributed by atoms with E-state index in [9.17, 15) is 37.1 Å². The number of alkyl halides is 2. The molecule has 0 saturated heterocycles. The van der Waals surface area contributed by atoms with Gasteiger partial charge < -0.3 is 25.2 Å². The van der Waals surface area contributed by atoms with Crippen LogP contribution in [0.3, 0.4) is 0 Å². The minimum absolute atomic E-state index is 0.0157. The first-order valence-corrected chi connectivity index (χ1v) is 14.5. The van der Waals surface area contributed by atoms with E-state index in [4.69, 9.17) is 32.7 Å². The third kappa shape index (κ3) is 16.1. The molecule has 0 radical (unpaired) electrons. The first-order chi connectivity index (χ1) is 20.2. The van der Waals surface area contributed by atoms with Crippen LogP contribution >= 0.6 is 23.2 Å². The molecule has 2 aromatic carbocycles. The van der Waals surface area contributed by atoms with Crippen molar-refractivity contribution in [1.29, 1.82) is 0 Å². The summed E-state index contributed by atoms with van der Waals surface area (Å²) in [5.74, 6) is -3.93. The largest absolute Gasteiger partial charge is 0.444 e. The fourth-order valence-electron chi connectivity index (χ4n) is 3.59. The molecule has 8 nitrogen and oxygen atoms in total. The van der Waals surface area contributed by atoms with Gasteiger partial charge in [0.1, 0.15) is 34.5 Å². The first-order valence-electron chi connectivity index (χ1n) is 13.4. The number of aliphatic hydroxyl groups is 1. The normalized spacial score (nSPS) is 13.5. The van der Waals surface area contributed by atoms with Gasteiger partial charge in [0.25, 0.3) is 0 Å². The van der Waals surface area contributed by atoms with Crippen LogP contribution in [-0.2, 0) is 27.1 Å². The number of Topliss-reactive ketones (excluding diaryl/α,β-unsaturated/α-hetero) is 1. The predicted molar refractivity (Wildman–Crippen MR) is 159 cm³/mol. The SMILES string of the molecule is CC(C)(C)OC(=O)N[C@@H](Cc1cc(F)cc(F)c1)C(=O)CCl.CC(C)(C)OC(=O)N[C@@H](Cc1cc(F)cc(F)c1)[C@H](O)CCl. The average molecular weight is 670 g/mol. The Morgan fingerprint density at radius 2 is 1.11 bits per heavy atom. The van der Waals surface area contributed by atoms with Crippen molar-refractivity contribution >= 4 is 41.2 Å². The Labute approximate surface area is 264 Å². The maximum atomic E-state index is 13.2. The van der Waals surface area contributed by atoms with Crippen molar-refractivity contribution in [2.24, 2.45) is 0 Å². The minimum Gasteiger partial charge on any atom is -0.444 e. The molecule has 0 unspecified atom stereocenters. The molecule has 44 heavy (non-hydrogen) atoms. The molecule has 2 rings (SSSR count). The molecule has 0 aromatic heterocycles. The molecule has 3 N–H and O–H groups in total. The van der Waals surface area contributed by atoms with Crippen LogP contribution in [-0.4, -0.2) is 64.2 Å². The van der Waals surface area contributed by atoms with E-state index in [2.05, 4.69) is 10.6 Å². The number of benzene rings is 2. The molecule has 3 atom stereocenters. The highest BCUT2D eigenvalue weighted by Crippen LogP contribution is 2.15. The molecule has 246 valence electrons. The highest BCUT2D eigenvalue weighted by atomic mass is 35.5. The topological polar surface area (TPSA) is 114 Å². The summed E-state index contributed by atoms with van der Waals surface area (Å²) in [7, 11) is 0. The monoisotopic (exact) mass is 668 g/mol. The van der Waals surface area contributed by atoms with Gasteiger partial charge in [-0.2, -0.15) is 0 Å². The Morgan fingerprint density at radius 3 is 1.48 bits per heavy atom. The number of ether oxygens (including phenoxy) is 2. The molecule has 0 aliphatic carbocycles. The van der Waals surface area contributed by atoms with Crippen LogP contribution < -0.4 is 10.6 Å². The van der Waals surface area contributed by atoms with Gasteiger partial charge in [-0.25, -0.2) is 27.2 Å². The van der Waals surface area contributed by atoms with E-state index in [1.807, 2.05) is 0 Å². The van der Waals surface area contributed by atoms with E-state index < -0.39 is 70.6 Å². The third-order valence-corrected chi connectivity index (χ3v) is 5.86. The van der Waals surface area contributed by atoms with E-state index >= 15 is 0 Å². The number of hydrogen-bond acceptors (Lipinski definition) is 6. The second-order valence-electron chi connectivity index (χ2n) is 11.7. The molecule has 0 aliphatic heterocycles. The maximum Gasteiger partial charge on any atom is 0.408 e. The summed E-state index contributed by atoms with van der Waals surface area (Å²) in [4.78, 5) is 35.3. The van der Waals surface area contributed by atoms with Crippen molar-refractivity contribution in [1.82, 2.24) is 10.6 Å². The zero-order valence-corrected chi connectivity index (χ0v) is 26.8. The predicted octanol–water partition coefficient (Wildman–Crippen LogP) is 6.21. The van der Waals surface area contributed by atoms with E-state index in [0.29, 0.717) is 5.56 Å². The average Bonchev–Trinajstić information content (AvgIpc) is 2.84. The molecule has 14 heteroatoms. The molecular formula is C30H38Cl2F4N2O6. The van der Waals surface area contributed by atoms with Gasteiger partial charge in [-0.3, -0.25) is 4.79 Å². The number of alkyl carbamates (subject to hydrolysis) is 2. The molecule has 0 fully saturated rings. The quantitative estimate of drug-likeness (QED) is 0.205. The summed E-state index contributed by atoms with van der Waals surface area (Å²) in [5.41, 5.74) is -0.908. The van der Waals surface area contributed by atoms with Crippen LogP contribution in [0.5, 0.6) is 0 Å². The first kappa shape index (κ1) is 38.9. The molecular weight excluding hydrogens is 631 g/mol. The Morgan fingerprint density at radius 1 is 0.727 bits per heavy atom. The van der Waals surface area contributed by atoms with Gasteiger partial charge in [0.05, 0.1) is 29.9 Å². The summed E-state index contributed by atoms with van der Waals surface area (Å²) in [6.45, 7) is 10.1. The molecule has 0 saturated carbocycles. The van der Waals surface area contributed by atoms with Gasteiger partial charge in [-0.15, -0.1) is 23.2 Å². The molecule has 0 spiro atoms. The summed E-state index contributed by atoms with van der Waals surface area (Å²) < 4.78 is 62.9. The van der Waals surface area contributed by atoms with Gasteiger partial charge >= 0.3 is 12.2 Å². The fraction of sp³-hybridized carbons (Fsp3) is 0.500. The molecule has 0 heterocycles. The van der Waals surface area contributed by atoms with Crippen LogP contribution in [0.4, 0.5) is 27.2 Å².